The maximum Gasteiger partial charge on any atom is 0.416 e. The zero-order valence-electron chi connectivity index (χ0n) is 21.8. The van der Waals surface area contributed by atoms with Gasteiger partial charge in [0.15, 0.2) is 0 Å². The standard InChI is InChI=1S/C32H28F3N3O2/c33-32(34,35)25-12-5-9-23(19-25)22-8-4-7-21(17-22)18-28(39)38-16-6-13-27-26(20-38)29(40)37-30(36-27)31(14-15-31)24-10-2-1-3-11-24/h1-5,7-12,17,19H,6,13-16,18,20H2,(H,36,37,40). The summed E-state index contributed by atoms with van der Waals surface area (Å²) in [6.07, 6.45) is -1.17. The Morgan fingerprint density at radius 3 is 2.40 bits per heavy atom. The van der Waals surface area contributed by atoms with Crippen LogP contribution in [-0.2, 0) is 35.8 Å². The summed E-state index contributed by atoms with van der Waals surface area (Å²) in [4.78, 5) is 36.2. The molecule has 0 saturated heterocycles. The third kappa shape index (κ3) is 5.06. The second kappa shape index (κ2) is 10.1. The molecule has 0 spiro atoms. The molecular weight excluding hydrogens is 515 g/mol. The van der Waals surface area contributed by atoms with Crippen molar-refractivity contribution in [3.8, 4) is 11.1 Å². The summed E-state index contributed by atoms with van der Waals surface area (Å²) in [7, 11) is 0. The molecule has 1 fully saturated rings. The lowest BCUT2D eigenvalue weighted by Crippen LogP contribution is -2.34. The quantitative estimate of drug-likeness (QED) is 0.333. The molecule has 2 heterocycles. The van der Waals surface area contributed by atoms with Gasteiger partial charge in [0.05, 0.1) is 35.2 Å². The Bertz CT molecular complexity index is 1620. The molecule has 1 aromatic heterocycles. The molecule has 0 bridgehead atoms. The fourth-order valence-corrected chi connectivity index (χ4v) is 5.63. The van der Waals surface area contributed by atoms with Gasteiger partial charge in [-0.25, -0.2) is 4.98 Å². The van der Waals surface area contributed by atoms with Crippen molar-refractivity contribution in [2.45, 2.75) is 50.2 Å². The number of alkyl halides is 3. The van der Waals surface area contributed by atoms with Gasteiger partial charge in [0.2, 0.25) is 5.91 Å². The normalized spacial score (nSPS) is 16.2. The topological polar surface area (TPSA) is 66.1 Å². The number of carbonyl (C=O) groups excluding carboxylic acids is 1. The van der Waals surface area contributed by atoms with Gasteiger partial charge in [0, 0.05) is 6.54 Å². The minimum absolute atomic E-state index is 0.0860. The lowest BCUT2D eigenvalue weighted by atomic mass is 9.94. The van der Waals surface area contributed by atoms with E-state index in [0.29, 0.717) is 47.5 Å². The predicted molar refractivity (Wildman–Crippen MR) is 146 cm³/mol. The summed E-state index contributed by atoms with van der Waals surface area (Å²) in [6, 6.07) is 22.3. The molecule has 3 aromatic carbocycles. The van der Waals surface area contributed by atoms with Gasteiger partial charge in [0.1, 0.15) is 5.82 Å². The number of rotatable bonds is 5. The number of hydrogen-bond donors (Lipinski definition) is 1. The van der Waals surface area contributed by atoms with E-state index in [0.717, 1.165) is 36.2 Å². The van der Waals surface area contributed by atoms with Crippen LogP contribution in [0.2, 0.25) is 0 Å². The smallest absolute Gasteiger partial charge is 0.338 e. The number of aromatic amines is 1. The van der Waals surface area contributed by atoms with Gasteiger partial charge in [-0.2, -0.15) is 13.2 Å². The fraction of sp³-hybridized carbons (Fsp3) is 0.281. The maximum absolute atomic E-state index is 13.3. The number of fused-ring (bicyclic) bond motifs is 1. The van der Waals surface area contributed by atoms with E-state index in [1.807, 2.05) is 18.2 Å². The number of aromatic nitrogens is 2. The third-order valence-electron chi connectivity index (χ3n) is 7.98. The highest BCUT2D eigenvalue weighted by Crippen LogP contribution is 2.52. The second-order valence-corrected chi connectivity index (χ2v) is 10.7. The zero-order valence-corrected chi connectivity index (χ0v) is 21.8. The number of nitrogens with one attached hydrogen (secondary N) is 1. The van der Waals surface area contributed by atoms with Gasteiger partial charge in [-0.1, -0.05) is 66.7 Å². The van der Waals surface area contributed by atoms with Gasteiger partial charge in [-0.3, -0.25) is 9.59 Å². The molecule has 1 aliphatic heterocycles. The molecule has 0 atom stereocenters. The van der Waals surface area contributed by atoms with Crippen molar-refractivity contribution in [1.29, 1.82) is 0 Å². The Balaban J connectivity index is 1.21. The van der Waals surface area contributed by atoms with Crippen LogP contribution in [0.25, 0.3) is 11.1 Å². The van der Waals surface area contributed by atoms with Crippen molar-refractivity contribution in [3.63, 3.8) is 0 Å². The first-order valence-corrected chi connectivity index (χ1v) is 13.5. The van der Waals surface area contributed by atoms with E-state index in [-0.39, 0.29) is 29.8 Å². The van der Waals surface area contributed by atoms with E-state index in [1.54, 1.807) is 35.2 Å². The van der Waals surface area contributed by atoms with Crippen LogP contribution in [0, 0.1) is 0 Å². The first-order valence-electron chi connectivity index (χ1n) is 13.5. The Labute approximate surface area is 229 Å². The molecule has 2 aliphatic rings. The van der Waals surface area contributed by atoms with Gasteiger partial charge >= 0.3 is 6.18 Å². The van der Waals surface area contributed by atoms with Crippen LogP contribution in [0.15, 0.2) is 83.7 Å². The maximum atomic E-state index is 13.3. The molecule has 204 valence electrons. The molecule has 1 aliphatic carbocycles. The van der Waals surface area contributed by atoms with Crippen molar-refractivity contribution in [2.24, 2.45) is 0 Å². The number of nitrogens with zero attached hydrogens (tertiary/aromatic N) is 2. The number of halogens is 3. The van der Waals surface area contributed by atoms with Crippen molar-refractivity contribution in [2.75, 3.05) is 6.54 Å². The molecule has 1 N–H and O–H groups in total. The number of benzene rings is 3. The summed E-state index contributed by atoms with van der Waals surface area (Å²) in [5, 5.41) is 0. The van der Waals surface area contributed by atoms with Crippen LogP contribution in [0.1, 0.15) is 53.0 Å². The predicted octanol–water partition coefficient (Wildman–Crippen LogP) is 6.05. The minimum atomic E-state index is -4.43. The number of carbonyl (C=O) groups is 1. The summed E-state index contributed by atoms with van der Waals surface area (Å²) in [5.41, 5.74) is 3.01. The highest BCUT2D eigenvalue weighted by Gasteiger charge is 2.48. The second-order valence-electron chi connectivity index (χ2n) is 10.7. The van der Waals surface area contributed by atoms with E-state index in [9.17, 15) is 22.8 Å². The van der Waals surface area contributed by atoms with Crippen molar-refractivity contribution in [1.82, 2.24) is 14.9 Å². The number of hydrogen-bond acceptors (Lipinski definition) is 3. The van der Waals surface area contributed by atoms with Crippen LogP contribution < -0.4 is 5.56 Å². The summed E-state index contributed by atoms with van der Waals surface area (Å²) in [5.74, 6) is 0.564. The highest BCUT2D eigenvalue weighted by atomic mass is 19.4. The molecule has 6 rings (SSSR count). The average Bonchev–Trinajstić information content (AvgIpc) is 3.78. The third-order valence-corrected chi connectivity index (χ3v) is 7.98. The zero-order chi connectivity index (χ0) is 27.9. The van der Waals surface area contributed by atoms with Crippen LogP contribution in [0.5, 0.6) is 0 Å². The highest BCUT2D eigenvalue weighted by molar-refractivity contribution is 5.79. The van der Waals surface area contributed by atoms with Gasteiger partial charge in [0.25, 0.3) is 5.56 Å². The lowest BCUT2D eigenvalue weighted by Gasteiger charge is -2.21. The molecule has 8 heteroatoms. The average molecular weight is 544 g/mol. The summed E-state index contributed by atoms with van der Waals surface area (Å²) < 4.78 is 39.6. The number of H-pyrrole nitrogens is 1. The van der Waals surface area contributed by atoms with E-state index in [2.05, 4.69) is 17.1 Å². The largest absolute Gasteiger partial charge is 0.416 e. The fourth-order valence-electron chi connectivity index (χ4n) is 5.63. The van der Waals surface area contributed by atoms with E-state index in [4.69, 9.17) is 4.98 Å². The summed E-state index contributed by atoms with van der Waals surface area (Å²) in [6.45, 7) is 0.684. The Morgan fingerprint density at radius 2 is 1.68 bits per heavy atom. The first kappa shape index (κ1) is 26.0. The summed E-state index contributed by atoms with van der Waals surface area (Å²) >= 11 is 0. The molecule has 1 saturated carbocycles. The van der Waals surface area contributed by atoms with E-state index >= 15 is 0 Å². The Kier molecular flexibility index (Phi) is 6.56. The molecule has 1 amide bonds. The van der Waals surface area contributed by atoms with Crippen molar-refractivity contribution in [3.05, 3.63) is 123 Å². The first-order chi connectivity index (χ1) is 19.2. The number of amides is 1. The number of aryl methyl sites for hydroxylation is 1. The van der Waals surface area contributed by atoms with Crippen LogP contribution >= 0.6 is 0 Å². The Hall–Kier alpha value is -4.20. The van der Waals surface area contributed by atoms with Crippen LogP contribution in [0.3, 0.4) is 0 Å². The molecule has 0 radical (unpaired) electrons. The lowest BCUT2D eigenvalue weighted by molar-refractivity contribution is -0.137. The molecular formula is C32H28F3N3O2. The van der Waals surface area contributed by atoms with Gasteiger partial charge in [-0.15, -0.1) is 0 Å². The SMILES string of the molecule is O=C(Cc1cccc(-c2cccc(C(F)(F)F)c2)c1)N1CCCc2nc(C3(c4ccccc4)CC3)[nH]c(=O)c2C1. The van der Waals surface area contributed by atoms with Crippen molar-refractivity contribution >= 4 is 5.91 Å². The van der Waals surface area contributed by atoms with Gasteiger partial charge < -0.3 is 9.88 Å². The molecule has 4 aromatic rings. The van der Waals surface area contributed by atoms with Crippen LogP contribution in [0.4, 0.5) is 13.2 Å². The van der Waals surface area contributed by atoms with Crippen LogP contribution in [-0.4, -0.2) is 27.3 Å². The monoisotopic (exact) mass is 543 g/mol. The molecule has 40 heavy (non-hydrogen) atoms. The molecule has 5 nitrogen and oxygen atoms in total. The Morgan fingerprint density at radius 1 is 0.950 bits per heavy atom. The molecule has 0 unspecified atom stereocenters. The minimum Gasteiger partial charge on any atom is -0.338 e. The van der Waals surface area contributed by atoms with Gasteiger partial charge in [-0.05, 0) is 60.1 Å². The van der Waals surface area contributed by atoms with E-state index < -0.39 is 11.7 Å². The van der Waals surface area contributed by atoms with Crippen molar-refractivity contribution < 1.29 is 18.0 Å². The van der Waals surface area contributed by atoms with E-state index in [1.165, 1.54) is 6.07 Å².